The normalized spacial score (nSPS) is 17.9. The summed E-state index contributed by atoms with van der Waals surface area (Å²) >= 11 is 0. The molecular weight excluding hydrogens is 186 g/mol. The van der Waals surface area contributed by atoms with Gasteiger partial charge < -0.3 is 5.32 Å². The third kappa shape index (κ3) is 2.38. The average molecular weight is 203 g/mol. The molecule has 15 heavy (non-hydrogen) atoms. The Labute approximate surface area is 90.7 Å². The Balaban J connectivity index is 1.91. The van der Waals surface area contributed by atoms with Crippen molar-refractivity contribution >= 4 is 5.91 Å². The van der Waals surface area contributed by atoms with Crippen LogP contribution in [0.25, 0.3) is 0 Å². The monoisotopic (exact) mass is 203 g/mol. The number of carbonyl (C=O) groups is 1. The van der Waals surface area contributed by atoms with Crippen molar-refractivity contribution in [3.63, 3.8) is 0 Å². The van der Waals surface area contributed by atoms with E-state index < -0.39 is 0 Å². The van der Waals surface area contributed by atoms with E-state index >= 15 is 0 Å². The average Bonchev–Trinajstić information content (AvgIpc) is 2.16. The van der Waals surface area contributed by atoms with Crippen LogP contribution in [0.1, 0.15) is 37.8 Å². The zero-order valence-corrected chi connectivity index (χ0v) is 9.07. The van der Waals surface area contributed by atoms with Crippen LogP contribution in [0, 0.1) is 5.92 Å². The lowest BCUT2D eigenvalue weighted by atomic mass is 9.84. The first-order chi connectivity index (χ1) is 7.27. The summed E-state index contributed by atoms with van der Waals surface area (Å²) in [5.41, 5.74) is 1.17. The van der Waals surface area contributed by atoms with Gasteiger partial charge in [0.1, 0.15) is 0 Å². The van der Waals surface area contributed by atoms with E-state index in [1.165, 1.54) is 12.0 Å². The molecule has 1 aromatic carbocycles. The predicted molar refractivity (Wildman–Crippen MR) is 60.3 cm³/mol. The third-order valence-electron chi connectivity index (χ3n) is 3.13. The molecule has 1 saturated carbocycles. The number of benzene rings is 1. The predicted octanol–water partition coefficient (Wildman–Crippen LogP) is 2.66. The minimum absolute atomic E-state index is 0.124. The summed E-state index contributed by atoms with van der Waals surface area (Å²) in [5, 5.41) is 3.06. The van der Waals surface area contributed by atoms with Gasteiger partial charge in [-0.05, 0) is 25.3 Å². The summed E-state index contributed by atoms with van der Waals surface area (Å²) in [5.74, 6) is 0.494. The number of nitrogens with one attached hydrogen (secondary N) is 1. The summed E-state index contributed by atoms with van der Waals surface area (Å²) in [6, 6.07) is 10.2. The van der Waals surface area contributed by atoms with Gasteiger partial charge in [0.25, 0.3) is 0 Å². The van der Waals surface area contributed by atoms with Gasteiger partial charge in [0.15, 0.2) is 0 Å². The minimum Gasteiger partial charge on any atom is -0.349 e. The zero-order chi connectivity index (χ0) is 10.7. The highest BCUT2D eigenvalue weighted by Gasteiger charge is 2.26. The van der Waals surface area contributed by atoms with Gasteiger partial charge in [0, 0.05) is 5.92 Å². The number of rotatable bonds is 3. The topological polar surface area (TPSA) is 29.1 Å². The van der Waals surface area contributed by atoms with Crippen LogP contribution in [0.15, 0.2) is 30.3 Å². The van der Waals surface area contributed by atoms with E-state index in [0.29, 0.717) is 0 Å². The molecule has 1 aromatic rings. The molecule has 0 heterocycles. The second-order valence-electron chi connectivity index (χ2n) is 4.27. The lowest BCUT2D eigenvalue weighted by molar-refractivity contribution is -0.128. The molecule has 0 bridgehead atoms. The molecule has 1 N–H and O–H groups in total. The number of carbonyl (C=O) groups excluding carboxylic acids is 1. The molecule has 2 nitrogen and oxygen atoms in total. The summed E-state index contributed by atoms with van der Waals surface area (Å²) in [6.45, 7) is 2.03. The second-order valence-corrected chi connectivity index (χ2v) is 4.27. The molecule has 0 aromatic heterocycles. The van der Waals surface area contributed by atoms with E-state index in [4.69, 9.17) is 0 Å². The summed E-state index contributed by atoms with van der Waals surface area (Å²) < 4.78 is 0. The molecule has 1 amide bonds. The molecule has 0 aliphatic heterocycles. The van der Waals surface area contributed by atoms with E-state index in [9.17, 15) is 4.79 Å². The lowest BCUT2D eigenvalue weighted by Gasteiger charge is -2.26. The number of hydrogen-bond donors (Lipinski definition) is 1. The number of hydrogen-bond acceptors (Lipinski definition) is 1. The van der Waals surface area contributed by atoms with Gasteiger partial charge in [-0.3, -0.25) is 4.79 Å². The van der Waals surface area contributed by atoms with Crippen molar-refractivity contribution in [3.05, 3.63) is 35.9 Å². The smallest absolute Gasteiger partial charge is 0.223 e. The molecule has 2 heteroatoms. The van der Waals surface area contributed by atoms with Crippen molar-refractivity contribution in [2.75, 3.05) is 0 Å². The Hall–Kier alpha value is -1.31. The molecule has 2 rings (SSSR count). The third-order valence-corrected chi connectivity index (χ3v) is 3.13. The number of amides is 1. The van der Waals surface area contributed by atoms with E-state index in [0.717, 1.165) is 12.8 Å². The Morgan fingerprint density at radius 1 is 1.33 bits per heavy atom. The molecule has 1 atom stereocenters. The van der Waals surface area contributed by atoms with Crippen molar-refractivity contribution in [3.8, 4) is 0 Å². The van der Waals surface area contributed by atoms with Crippen LogP contribution in [-0.2, 0) is 4.79 Å². The minimum atomic E-state index is 0.124. The maximum absolute atomic E-state index is 11.7. The van der Waals surface area contributed by atoms with Gasteiger partial charge in [-0.25, -0.2) is 0 Å². The van der Waals surface area contributed by atoms with Crippen molar-refractivity contribution in [2.24, 2.45) is 5.92 Å². The Bertz CT molecular complexity index is 330. The SMILES string of the molecule is C[C@H](NC(=O)C1CCC1)c1ccccc1. The van der Waals surface area contributed by atoms with Crippen molar-refractivity contribution in [1.29, 1.82) is 0 Å². The summed E-state index contributed by atoms with van der Waals surface area (Å²) in [6.07, 6.45) is 3.33. The fourth-order valence-corrected chi connectivity index (χ4v) is 1.83. The molecular formula is C13H17NO. The molecule has 0 unspecified atom stereocenters. The molecule has 1 aliphatic carbocycles. The highest BCUT2D eigenvalue weighted by molar-refractivity contribution is 5.79. The molecule has 0 saturated heterocycles. The van der Waals surface area contributed by atoms with Crippen molar-refractivity contribution < 1.29 is 4.79 Å². The van der Waals surface area contributed by atoms with Crippen LogP contribution in [0.5, 0.6) is 0 Å². The zero-order valence-electron chi connectivity index (χ0n) is 9.07. The molecule has 0 spiro atoms. The standard InChI is InChI=1S/C13H17NO/c1-10(11-6-3-2-4-7-11)14-13(15)12-8-5-9-12/h2-4,6-7,10,12H,5,8-9H2,1H3,(H,14,15)/t10-/m0/s1. The first-order valence-electron chi connectivity index (χ1n) is 5.62. The highest BCUT2D eigenvalue weighted by Crippen LogP contribution is 2.27. The maximum atomic E-state index is 11.7. The molecule has 0 radical (unpaired) electrons. The van der Waals surface area contributed by atoms with Gasteiger partial charge in [-0.1, -0.05) is 36.8 Å². The van der Waals surface area contributed by atoms with Crippen LogP contribution >= 0.6 is 0 Å². The van der Waals surface area contributed by atoms with Crippen molar-refractivity contribution in [1.82, 2.24) is 5.32 Å². The van der Waals surface area contributed by atoms with Gasteiger partial charge in [0.05, 0.1) is 6.04 Å². The highest BCUT2D eigenvalue weighted by atomic mass is 16.1. The quantitative estimate of drug-likeness (QED) is 0.804. The Morgan fingerprint density at radius 3 is 2.53 bits per heavy atom. The van der Waals surface area contributed by atoms with Gasteiger partial charge in [0.2, 0.25) is 5.91 Å². The van der Waals surface area contributed by atoms with Gasteiger partial charge >= 0.3 is 0 Å². The van der Waals surface area contributed by atoms with E-state index in [1.807, 2.05) is 37.3 Å². The van der Waals surface area contributed by atoms with Gasteiger partial charge in [-0.2, -0.15) is 0 Å². The van der Waals surface area contributed by atoms with E-state index in [2.05, 4.69) is 5.32 Å². The van der Waals surface area contributed by atoms with Crippen molar-refractivity contribution in [2.45, 2.75) is 32.2 Å². The first kappa shape index (κ1) is 10.2. The van der Waals surface area contributed by atoms with Gasteiger partial charge in [-0.15, -0.1) is 0 Å². The van der Waals surface area contributed by atoms with Crippen LogP contribution in [0.4, 0.5) is 0 Å². The molecule has 1 aliphatic rings. The van der Waals surface area contributed by atoms with Crippen LogP contribution < -0.4 is 5.32 Å². The fraction of sp³-hybridized carbons (Fsp3) is 0.462. The lowest BCUT2D eigenvalue weighted by Crippen LogP contribution is -2.35. The molecule has 1 fully saturated rings. The Kier molecular flexibility index (Phi) is 3.05. The van der Waals surface area contributed by atoms with Crippen LogP contribution in [-0.4, -0.2) is 5.91 Å². The van der Waals surface area contributed by atoms with E-state index in [1.54, 1.807) is 0 Å². The first-order valence-corrected chi connectivity index (χ1v) is 5.62. The maximum Gasteiger partial charge on any atom is 0.223 e. The van der Waals surface area contributed by atoms with E-state index in [-0.39, 0.29) is 17.9 Å². The van der Waals surface area contributed by atoms with Crippen LogP contribution in [0.3, 0.4) is 0 Å². The largest absolute Gasteiger partial charge is 0.349 e. The molecule has 80 valence electrons. The summed E-state index contributed by atoms with van der Waals surface area (Å²) in [4.78, 5) is 11.7. The fourth-order valence-electron chi connectivity index (χ4n) is 1.83. The van der Waals surface area contributed by atoms with Crippen LogP contribution in [0.2, 0.25) is 0 Å². The second kappa shape index (κ2) is 4.47. The summed E-state index contributed by atoms with van der Waals surface area (Å²) in [7, 11) is 0. The Morgan fingerprint density at radius 2 is 2.00 bits per heavy atom.